The first-order valence-corrected chi connectivity index (χ1v) is 9.93. The second kappa shape index (κ2) is 9.97. The molecule has 5 heteroatoms. The van der Waals surface area contributed by atoms with Crippen LogP contribution in [-0.2, 0) is 11.3 Å². The molecule has 4 nitrogen and oxygen atoms in total. The maximum absolute atomic E-state index is 5.60. The highest BCUT2D eigenvalue weighted by molar-refractivity contribution is 5.85. The predicted octanol–water partition coefficient (Wildman–Crippen LogP) is 6.09. The molecule has 0 aromatic carbocycles. The third-order valence-electron chi connectivity index (χ3n) is 5.64. The highest BCUT2D eigenvalue weighted by Gasteiger charge is 2.36. The van der Waals surface area contributed by atoms with Crippen molar-refractivity contribution in [3.8, 4) is 5.75 Å². The molecule has 0 spiro atoms. The molecule has 2 rings (SSSR count). The quantitative estimate of drug-likeness (QED) is 0.603. The van der Waals surface area contributed by atoms with Gasteiger partial charge in [-0.15, -0.1) is 12.4 Å². The van der Waals surface area contributed by atoms with Crippen molar-refractivity contribution in [1.29, 1.82) is 0 Å². The zero-order valence-electron chi connectivity index (χ0n) is 18.2. The minimum Gasteiger partial charge on any atom is -0.493 e. The van der Waals surface area contributed by atoms with Gasteiger partial charge in [-0.3, -0.25) is 4.98 Å². The van der Waals surface area contributed by atoms with Crippen molar-refractivity contribution in [3.63, 3.8) is 0 Å². The summed E-state index contributed by atoms with van der Waals surface area (Å²) >= 11 is 0. The number of ether oxygens (including phenoxy) is 2. The number of anilines is 1. The Morgan fingerprint density at radius 3 is 2.22 bits per heavy atom. The number of nitrogens with zero attached hydrogens (tertiary/aromatic N) is 1. The average Bonchev–Trinajstić information content (AvgIpc) is 2.54. The normalized spacial score (nSPS) is 20.7. The molecule has 0 aliphatic heterocycles. The highest BCUT2D eigenvalue weighted by atomic mass is 35.5. The summed E-state index contributed by atoms with van der Waals surface area (Å²) in [6, 6.07) is 2.51. The lowest BCUT2D eigenvalue weighted by atomic mass is 9.64. The lowest BCUT2D eigenvalue weighted by Gasteiger charge is -2.43. The Balaban J connectivity index is 0.00000364. The lowest BCUT2D eigenvalue weighted by Crippen LogP contribution is -2.35. The van der Waals surface area contributed by atoms with Gasteiger partial charge >= 0.3 is 0 Å². The van der Waals surface area contributed by atoms with Crippen LogP contribution in [-0.4, -0.2) is 25.2 Å². The van der Waals surface area contributed by atoms with Crippen molar-refractivity contribution in [3.05, 3.63) is 18.0 Å². The first-order chi connectivity index (χ1) is 12.2. The van der Waals surface area contributed by atoms with Crippen LogP contribution in [0.25, 0.3) is 0 Å². The Kier molecular flexibility index (Phi) is 8.88. The summed E-state index contributed by atoms with van der Waals surface area (Å²) in [4.78, 5) is 4.38. The zero-order valence-corrected chi connectivity index (χ0v) is 19.0. The van der Waals surface area contributed by atoms with Crippen LogP contribution in [0.2, 0.25) is 0 Å². The van der Waals surface area contributed by atoms with Gasteiger partial charge in [0.25, 0.3) is 0 Å². The molecule has 1 aromatic heterocycles. The van der Waals surface area contributed by atoms with E-state index in [1.54, 1.807) is 14.2 Å². The summed E-state index contributed by atoms with van der Waals surface area (Å²) < 4.78 is 10.8. The summed E-state index contributed by atoms with van der Waals surface area (Å²) in [6.07, 6.45) is 8.11. The van der Waals surface area contributed by atoms with E-state index in [1.807, 2.05) is 12.3 Å². The number of halogens is 1. The maximum Gasteiger partial charge on any atom is 0.165 e. The molecule has 1 heterocycles. The van der Waals surface area contributed by atoms with Crippen molar-refractivity contribution in [2.75, 3.05) is 19.5 Å². The van der Waals surface area contributed by atoms with Crippen LogP contribution in [0.4, 0.5) is 5.69 Å². The van der Waals surface area contributed by atoms with Gasteiger partial charge in [0.05, 0.1) is 19.4 Å². The SMILES string of the molecule is COCc1nccc(N[C@H]2CC[C@@H](C(C)(C)CC(C)(C)C)CC2)c1OC.Cl. The standard InChI is InChI=1S/C22H38N2O2.ClH/c1-21(2,3)15-22(4,5)16-8-10-17(11-9-16)24-18-12-13-23-19(14-25-6)20(18)26-7;/h12-13,16-17H,8-11,14-15H2,1-7H3,(H,23,24);1H/t16-,17+;. The van der Waals surface area contributed by atoms with Crippen molar-refractivity contribution < 1.29 is 9.47 Å². The number of nitrogens with one attached hydrogen (secondary N) is 1. The minimum atomic E-state index is 0. The molecule has 156 valence electrons. The second-order valence-corrected chi connectivity index (χ2v) is 9.69. The van der Waals surface area contributed by atoms with E-state index in [0.29, 0.717) is 23.5 Å². The van der Waals surface area contributed by atoms with E-state index in [2.05, 4.69) is 44.9 Å². The van der Waals surface area contributed by atoms with E-state index in [0.717, 1.165) is 23.0 Å². The summed E-state index contributed by atoms with van der Waals surface area (Å²) in [5.74, 6) is 1.62. The fraction of sp³-hybridized carbons (Fsp3) is 0.773. The zero-order chi connectivity index (χ0) is 19.4. The molecular formula is C22H39ClN2O2. The maximum atomic E-state index is 5.60. The summed E-state index contributed by atoms with van der Waals surface area (Å²) in [5.41, 5.74) is 2.68. The van der Waals surface area contributed by atoms with E-state index in [9.17, 15) is 0 Å². The summed E-state index contributed by atoms with van der Waals surface area (Å²) in [6.45, 7) is 12.4. The minimum absolute atomic E-state index is 0. The molecule has 0 saturated heterocycles. The smallest absolute Gasteiger partial charge is 0.165 e. The Labute approximate surface area is 172 Å². The fourth-order valence-corrected chi connectivity index (χ4v) is 4.82. The van der Waals surface area contributed by atoms with E-state index < -0.39 is 0 Å². The molecule has 0 unspecified atom stereocenters. The van der Waals surface area contributed by atoms with E-state index >= 15 is 0 Å². The number of hydrogen-bond acceptors (Lipinski definition) is 4. The van der Waals surface area contributed by atoms with E-state index in [4.69, 9.17) is 9.47 Å². The number of rotatable bonds is 7. The first-order valence-electron chi connectivity index (χ1n) is 9.93. The molecule has 1 N–H and O–H groups in total. The molecule has 1 aliphatic carbocycles. The second-order valence-electron chi connectivity index (χ2n) is 9.69. The summed E-state index contributed by atoms with van der Waals surface area (Å²) in [5, 5.41) is 3.70. The van der Waals surface area contributed by atoms with Gasteiger partial charge in [0.2, 0.25) is 0 Å². The first kappa shape index (κ1) is 24.0. The van der Waals surface area contributed by atoms with Crippen LogP contribution >= 0.6 is 12.4 Å². The number of aromatic nitrogens is 1. The van der Waals surface area contributed by atoms with Crippen LogP contribution in [0.15, 0.2) is 12.3 Å². The topological polar surface area (TPSA) is 43.4 Å². The van der Waals surface area contributed by atoms with Crippen molar-refractivity contribution in [2.45, 2.75) is 79.4 Å². The molecule has 1 aromatic rings. The fourth-order valence-electron chi connectivity index (χ4n) is 4.82. The Bertz CT molecular complexity index is 576. The van der Waals surface area contributed by atoms with Crippen LogP contribution in [0.1, 0.15) is 72.4 Å². The van der Waals surface area contributed by atoms with Gasteiger partial charge in [-0.2, -0.15) is 0 Å². The Hall–Kier alpha value is -1.000. The molecular weight excluding hydrogens is 360 g/mol. The van der Waals surface area contributed by atoms with Crippen LogP contribution < -0.4 is 10.1 Å². The molecule has 0 amide bonds. The largest absolute Gasteiger partial charge is 0.493 e. The molecule has 1 saturated carbocycles. The number of hydrogen-bond donors (Lipinski definition) is 1. The van der Waals surface area contributed by atoms with Gasteiger partial charge < -0.3 is 14.8 Å². The molecule has 0 atom stereocenters. The average molecular weight is 399 g/mol. The van der Waals surface area contributed by atoms with Crippen molar-refractivity contribution in [2.24, 2.45) is 16.7 Å². The van der Waals surface area contributed by atoms with Crippen LogP contribution in [0.3, 0.4) is 0 Å². The molecule has 27 heavy (non-hydrogen) atoms. The van der Waals surface area contributed by atoms with Crippen LogP contribution in [0.5, 0.6) is 5.75 Å². The van der Waals surface area contributed by atoms with Gasteiger partial charge in [0.15, 0.2) is 5.75 Å². The highest BCUT2D eigenvalue weighted by Crippen LogP contribution is 2.45. The van der Waals surface area contributed by atoms with Gasteiger partial charge in [0, 0.05) is 19.3 Å². The van der Waals surface area contributed by atoms with Crippen molar-refractivity contribution >= 4 is 18.1 Å². The monoisotopic (exact) mass is 398 g/mol. The molecule has 0 radical (unpaired) electrons. The predicted molar refractivity (Wildman–Crippen MR) is 116 cm³/mol. The number of methoxy groups -OCH3 is 2. The van der Waals surface area contributed by atoms with E-state index in [1.165, 1.54) is 32.1 Å². The Morgan fingerprint density at radius 2 is 1.70 bits per heavy atom. The molecule has 1 aliphatic rings. The van der Waals surface area contributed by atoms with Gasteiger partial charge in [-0.05, 0) is 54.9 Å². The van der Waals surface area contributed by atoms with Gasteiger partial charge in [0.1, 0.15) is 5.69 Å². The third-order valence-corrected chi connectivity index (χ3v) is 5.64. The number of pyridine rings is 1. The van der Waals surface area contributed by atoms with Gasteiger partial charge in [-0.1, -0.05) is 34.6 Å². The lowest BCUT2D eigenvalue weighted by molar-refractivity contribution is 0.0968. The molecule has 1 fully saturated rings. The third kappa shape index (κ3) is 6.83. The van der Waals surface area contributed by atoms with Crippen LogP contribution in [0, 0.1) is 16.7 Å². The summed E-state index contributed by atoms with van der Waals surface area (Å²) in [7, 11) is 3.38. The van der Waals surface area contributed by atoms with Gasteiger partial charge in [-0.25, -0.2) is 0 Å². The van der Waals surface area contributed by atoms with Crippen molar-refractivity contribution in [1.82, 2.24) is 4.98 Å². The van der Waals surface area contributed by atoms with E-state index in [-0.39, 0.29) is 12.4 Å². The Morgan fingerprint density at radius 1 is 1.07 bits per heavy atom. The molecule has 0 bridgehead atoms.